The van der Waals surface area contributed by atoms with Crippen LogP contribution in [-0.4, -0.2) is 43.1 Å². The summed E-state index contributed by atoms with van der Waals surface area (Å²) in [6.07, 6.45) is 7.89. The van der Waals surface area contributed by atoms with E-state index in [9.17, 15) is 0 Å². The lowest BCUT2D eigenvalue weighted by atomic mass is 10.0. The molecule has 4 aromatic heterocycles. The molecule has 5 heterocycles. The van der Waals surface area contributed by atoms with Gasteiger partial charge in [-0.25, -0.2) is 4.98 Å². The monoisotopic (exact) mass is 490 g/mol. The minimum atomic E-state index is 0.771. The van der Waals surface area contributed by atoms with Crippen molar-refractivity contribution in [3.05, 3.63) is 77.2 Å². The topological polar surface area (TPSA) is 73.5 Å². The van der Waals surface area contributed by atoms with E-state index in [1.165, 1.54) is 43.5 Å². The SMILES string of the molecule is c1cc(-c2ccsc2)c2nc(-c3n[nH]c4ccc(-c5cncc(CN6CCCCC6)c5)cc34)[nH]c2c1. The van der Waals surface area contributed by atoms with E-state index in [0.29, 0.717) is 0 Å². The molecular formula is C29H26N6S. The zero-order chi connectivity index (χ0) is 23.9. The molecule has 6 aromatic rings. The zero-order valence-corrected chi connectivity index (χ0v) is 20.7. The summed E-state index contributed by atoms with van der Waals surface area (Å²) in [5.41, 5.74) is 9.64. The number of pyridine rings is 1. The van der Waals surface area contributed by atoms with Gasteiger partial charge in [-0.3, -0.25) is 15.0 Å². The van der Waals surface area contributed by atoms with Gasteiger partial charge < -0.3 is 4.98 Å². The number of aromatic amines is 2. The summed E-state index contributed by atoms with van der Waals surface area (Å²) >= 11 is 1.70. The molecule has 1 aliphatic heterocycles. The highest BCUT2D eigenvalue weighted by atomic mass is 32.1. The maximum absolute atomic E-state index is 4.99. The number of likely N-dealkylation sites (tertiary alicyclic amines) is 1. The van der Waals surface area contributed by atoms with Gasteiger partial charge in [-0.1, -0.05) is 24.6 Å². The largest absolute Gasteiger partial charge is 0.337 e. The van der Waals surface area contributed by atoms with Crippen LogP contribution in [0.15, 0.2) is 71.7 Å². The molecule has 0 radical (unpaired) electrons. The highest BCUT2D eigenvalue weighted by molar-refractivity contribution is 7.08. The fourth-order valence-electron chi connectivity index (χ4n) is 5.28. The van der Waals surface area contributed by atoms with Crippen LogP contribution in [0.2, 0.25) is 0 Å². The van der Waals surface area contributed by atoms with Gasteiger partial charge in [0.1, 0.15) is 5.69 Å². The van der Waals surface area contributed by atoms with E-state index >= 15 is 0 Å². The number of imidazole rings is 1. The first-order chi connectivity index (χ1) is 17.8. The number of nitrogens with zero attached hydrogens (tertiary/aromatic N) is 4. The number of aromatic nitrogens is 5. The number of para-hydroxylation sites is 1. The lowest BCUT2D eigenvalue weighted by Gasteiger charge is -2.26. The molecule has 6 nitrogen and oxygen atoms in total. The van der Waals surface area contributed by atoms with Gasteiger partial charge in [0.2, 0.25) is 0 Å². The Kier molecular flexibility index (Phi) is 5.37. The number of rotatable bonds is 5. The standard InChI is InChI=1S/C29H26N6S/c1-2-10-35(11-3-1)17-19-13-22(16-30-15-19)20-7-8-25-24(14-20)28(34-33-25)29-31-26-6-4-5-23(27(26)32-29)21-9-12-36-18-21/h4-9,12-16,18H,1-3,10-11,17H2,(H,31,32)(H,33,34). The van der Waals surface area contributed by atoms with E-state index in [0.717, 1.165) is 56.7 Å². The molecule has 0 unspecified atom stereocenters. The minimum absolute atomic E-state index is 0.771. The number of hydrogen-bond acceptors (Lipinski definition) is 5. The van der Waals surface area contributed by atoms with Crippen molar-refractivity contribution in [2.75, 3.05) is 13.1 Å². The lowest BCUT2D eigenvalue weighted by Crippen LogP contribution is -2.29. The summed E-state index contributed by atoms with van der Waals surface area (Å²) in [5, 5.41) is 13.1. The summed E-state index contributed by atoms with van der Waals surface area (Å²) in [6.45, 7) is 3.33. The van der Waals surface area contributed by atoms with Gasteiger partial charge in [0.05, 0.1) is 16.6 Å². The third kappa shape index (κ3) is 3.90. The minimum Gasteiger partial charge on any atom is -0.337 e. The van der Waals surface area contributed by atoms with Crippen LogP contribution in [0.25, 0.3) is 55.7 Å². The zero-order valence-electron chi connectivity index (χ0n) is 19.9. The molecule has 178 valence electrons. The molecule has 7 heteroatoms. The van der Waals surface area contributed by atoms with Crippen LogP contribution in [0.3, 0.4) is 0 Å². The molecule has 0 atom stereocenters. The van der Waals surface area contributed by atoms with Crippen molar-refractivity contribution in [2.24, 2.45) is 0 Å². The molecule has 0 amide bonds. The Morgan fingerprint density at radius 2 is 1.83 bits per heavy atom. The van der Waals surface area contributed by atoms with Crippen LogP contribution < -0.4 is 0 Å². The molecule has 2 aromatic carbocycles. The van der Waals surface area contributed by atoms with E-state index in [1.54, 1.807) is 11.3 Å². The van der Waals surface area contributed by atoms with Gasteiger partial charge in [-0.05, 0) is 83.7 Å². The molecule has 7 rings (SSSR count). The van der Waals surface area contributed by atoms with Gasteiger partial charge in [-0.15, -0.1) is 0 Å². The second kappa shape index (κ2) is 9.00. The highest BCUT2D eigenvalue weighted by Crippen LogP contribution is 2.33. The molecular weight excluding hydrogens is 464 g/mol. The van der Waals surface area contributed by atoms with Crippen LogP contribution in [0, 0.1) is 0 Å². The third-order valence-electron chi connectivity index (χ3n) is 7.12. The van der Waals surface area contributed by atoms with Crippen molar-refractivity contribution in [1.82, 2.24) is 30.0 Å². The van der Waals surface area contributed by atoms with Crippen molar-refractivity contribution >= 4 is 33.3 Å². The summed E-state index contributed by atoms with van der Waals surface area (Å²) in [4.78, 5) is 15.6. The van der Waals surface area contributed by atoms with Gasteiger partial charge >= 0.3 is 0 Å². The van der Waals surface area contributed by atoms with E-state index in [-0.39, 0.29) is 0 Å². The van der Waals surface area contributed by atoms with Crippen LogP contribution >= 0.6 is 11.3 Å². The Labute approximate surface area is 213 Å². The molecule has 0 saturated carbocycles. The average molecular weight is 491 g/mol. The van der Waals surface area contributed by atoms with E-state index in [2.05, 4.69) is 84.4 Å². The summed E-state index contributed by atoms with van der Waals surface area (Å²) in [5.74, 6) is 0.771. The maximum atomic E-state index is 4.99. The molecule has 36 heavy (non-hydrogen) atoms. The summed E-state index contributed by atoms with van der Waals surface area (Å²) < 4.78 is 0. The summed E-state index contributed by atoms with van der Waals surface area (Å²) in [6, 6.07) is 17.1. The summed E-state index contributed by atoms with van der Waals surface area (Å²) in [7, 11) is 0. The Hall–Kier alpha value is -3.81. The van der Waals surface area contributed by atoms with Crippen molar-refractivity contribution in [3.8, 4) is 33.8 Å². The van der Waals surface area contributed by atoms with Gasteiger partial charge in [0, 0.05) is 35.5 Å². The number of benzene rings is 2. The van der Waals surface area contributed by atoms with Gasteiger partial charge in [-0.2, -0.15) is 16.4 Å². The number of H-pyrrole nitrogens is 2. The molecule has 0 aliphatic carbocycles. The van der Waals surface area contributed by atoms with Crippen molar-refractivity contribution in [2.45, 2.75) is 25.8 Å². The predicted octanol–water partition coefficient (Wildman–Crippen LogP) is 6.88. The molecule has 2 N–H and O–H groups in total. The van der Waals surface area contributed by atoms with E-state index in [4.69, 9.17) is 4.98 Å². The van der Waals surface area contributed by atoms with Crippen LogP contribution in [0.4, 0.5) is 0 Å². The first-order valence-corrected chi connectivity index (χ1v) is 13.4. The number of fused-ring (bicyclic) bond motifs is 2. The van der Waals surface area contributed by atoms with Crippen molar-refractivity contribution in [3.63, 3.8) is 0 Å². The molecule has 0 spiro atoms. The molecule has 0 bridgehead atoms. The van der Waals surface area contributed by atoms with Gasteiger partial charge in [0.15, 0.2) is 5.82 Å². The molecule has 1 saturated heterocycles. The van der Waals surface area contributed by atoms with Crippen molar-refractivity contribution in [1.29, 1.82) is 0 Å². The van der Waals surface area contributed by atoms with Crippen LogP contribution in [0.5, 0.6) is 0 Å². The fourth-order valence-corrected chi connectivity index (χ4v) is 5.93. The first kappa shape index (κ1) is 21.5. The fraction of sp³-hybridized carbons (Fsp3) is 0.207. The number of nitrogens with one attached hydrogen (secondary N) is 2. The second-order valence-electron chi connectivity index (χ2n) is 9.55. The Morgan fingerprint density at radius 1 is 0.889 bits per heavy atom. The number of hydrogen-bond donors (Lipinski definition) is 2. The number of piperidine rings is 1. The van der Waals surface area contributed by atoms with Crippen LogP contribution in [0.1, 0.15) is 24.8 Å². The number of thiophene rings is 1. The maximum Gasteiger partial charge on any atom is 0.159 e. The molecule has 1 fully saturated rings. The third-order valence-corrected chi connectivity index (χ3v) is 7.80. The van der Waals surface area contributed by atoms with E-state index in [1.807, 2.05) is 12.4 Å². The predicted molar refractivity (Wildman–Crippen MR) is 147 cm³/mol. The normalized spacial score (nSPS) is 14.7. The second-order valence-corrected chi connectivity index (χ2v) is 10.3. The smallest absolute Gasteiger partial charge is 0.159 e. The average Bonchev–Trinajstić information content (AvgIpc) is 3.68. The first-order valence-electron chi connectivity index (χ1n) is 12.5. The highest BCUT2D eigenvalue weighted by Gasteiger charge is 2.16. The Bertz CT molecular complexity index is 1660. The Balaban J connectivity index is 1.26. The van der Waals surface area contributed by atoms with Gasteiger partial charge in [0.25, 0.3) is 0 Å². The van der Waals surface area contributed by atoms with Crippen molar-refractivity contribution < 1.29 is 0 Å². The lowest BCUT2D eigenvalue weighted by molar-refractivity contribution is 0.220. The molecule has 1 aliphatic rings. The quantitative estimate of drug-likeness (QED) is 0.276. The van der Waals surface area contributed by atoms with Crippen LogP contribution in [-0.2, 0) is 6.54 Å². The van der Waals surface area contributed by atoms with E-state index < -0.39 is 0 Å². The Morgan fingerprint density at radius 3 is 2.72 bits per heavy atom.